The normalized spacial score (nSPS) is 5.00. The van der Waals surface area contributed by atoms with Crippen molar-refractivity contribution in [3.63, 3.8) is 0 Å². The molecule has 0 amide bonds. The van der Waals surface area contributed by atoms with Crippen LogP contribution in [0, 0.1) is 0 Å². The fourth-order valence-electron chi connectivity index (χ4n) is 0.0481. The molecule has 0 unspecified atom stereocenters. The lowest BCUT2D eigenvalue weighted by Gasteiger charge is -1.70. The first kappa shape index (κ1) is 4.25. The zero-order valence-electron chi connectivity index (χ0n) is 2.89. The summed E-state index contributed by atoms with van der Waals surface area (Å²) >= 11 is 0. The Morgan fingerprint density at radius 3 is 2.60 bits per heavy atom. The highest BCUT2D eigenvalue weighted by Crippen LogP contribution is 1.51. The third-order valence-electron chi connectivity index (χ3n) is 0.166. The molecule has 2 heteroatoms. The van der Waals surface area contributed by atoms with Gasteiger partial charge in [0.25, 0.3) is 0 Å². The van der Waals surface area contributed by atoms with Crippen molar-refractivity contribution in [2.75, 3.05) is 7.11 Å². The third-order valence-corrected chi connectivity index (χ3v) is 0.166. The monoisotopic (exact) mass is 72.0 g/mol. The van der Waals surface area contributed by atoms with E-state index in [9.17, 15) is 0 Å². The molecule has 2 nitrogen and oxygen atoms in total. The van der Waals surface area contributed by atoms with E-state index in [1.54, 1.807) is 0 Å². The van der Waals surface area contributed by atoms with Crippen molar-refractivity contribution in [3.8, 4) is 0 Å². The summed E-state index contributed by atoms with van der Waals surface area (Å²) in [6.07, 6.45) is 0.944. The first-order chi connectivity index (χ1) is 2.41. The zero-order chi connectivity index (χ0) is 4.12. The van der Waals surface area contributed by atoms with Gasteiger partial charge in [-0.2, -0.15) is 0 Å². The van der Waals surface area contributed by atoms with Gasteiger partial charge in [0.2, 0.25) is 0 Å². The van der Waals surface area contributed by atoms with Gasteiger partial charge in [0.15, 0.2) is 12.2 Å². The minimum Gasteiger partial charge on any atom is -0.493 e. The summed E-state index contributed by atoms with van der Waals surface area (Å²) in [5, 5.41) is 0. The van der Waals surface area contributed by atoms with Crippen LogP contribution in [0.5, 0.6) is 0 Å². The lowest BCUT2D eigenvalue weighted by molar-refractivity contribution is 0.340. The van der Waals surface area contributed by atoms with E-state index < -0.39 is 0 Å². The number of rotatable bonds is 1. The summed E-state index contributed by atoms with van der Waals surface area (Å²) in [6, 6.07) is 0. The van der Waals surface area contributed by atoms with E-state index in [1.807, 2.05) is 0 Å². The SMILES string of the molecule is COC=C=O. The Bertz CT molecular complexity index is 51.9. The fourth-order valence-corrected chi connectivity index (χ4v) is 0.0481. The number of carbonyl (C=O) groups excluding carboxylic acids is 1. The maximum atomic E-state index is 9.10. The van der Waals surface area contributed by atoms with Gasteiger partial charge < -0.3 is 4.74 Å². The number of hydrogen-bond acceptors (Lipinski definition) is 2. The topological polar surface area (TPSA) is 26.3 Å². The van der Waals surface area contributed by atoms with E-state index in [-0.39, 0.29) is 0 Å². The minimum absolute atomic E-state index is 0.944. The van der Waals surface area contributed by atoms with Crippen LogP contribution in [0.15, 0.2) is 6.26 Å². The van der Waals surface area contributed by atoms with Crippen molar-refractivity contribution in [3.05, 3.63) is 6.26 Å². The third kappa shape index (κ3) is 3.25. The Balaban J connectivity index is 2.93. The predicted molar refractivity (Wildman–Crippen MR) is 17.3 cm³/mol. The molecule has 0 fully saturated rings. The molecule has 0 saturated heterocycles. The van der Waals surface area contributed by atoms with Crippen molar-refractivity contribution >= 4 is 5.94 Å². The van der Waals surface area contributed by atoms with Gasteiger partial charge in [-0.05, 0) is 0 Å². The van der Waals surface area contributed by atoms with Crippen LogP contribution in [0.1, 0.15) is 0 Å². The lowest BCUT2D eigenvalue weighted by Crippen LogP contribution is -1.59. The molecule has 0 atom stereocenters. The Kier molecular flexibility index (Phi) is 2.76. The molecule has 28 valence electrons. The largest absolute Gasteiger partial charge is 0.493 e. The maximum absolute atomic E-state index is 9.10. The molecular weight excluding hydrogens is 68.0 g/mol. The van der Waals surface area contributed by atoms with E-state index in [0.29, 0.717) is 0 Å². The Morgan fingerprint density at radius 1 is 2.00 bits per heavy atom. The van der Waals surface area contributed by atoms with Gasteiger partial charge in [-0.25, -0.2) is 4.79 Å². The Morgan fingerprint density at radius 2 is 2.60 bits per heavy atom. The highest BCUT2D eigenvalue weighted by Gasteiger charge is 1.47. The lowest BCUT2D eigenvalue weighted by atomic mass is 11.1. The van der Waals surface area contributed by atoms with Gasteiger partial charge in [0.05, 0.1) is 7.11 Å². The van der Waals surface area contributed by atoms with Gasteiger partial charge in [0.1, 0.15) is 0 Å². The van der Waals surface area contributed by atoms with Crippen molar-refractivity contribution in [1.82, 2.24) is 0 Å². The number of ether oxygens (including phenoxy) is 1. The molecule has 0 N–H and O–H groups in total. The zero-order valence-corrected chi connectivity index (χ0v) is 2.89. The van der Waals surface area contributed by atoms with E-state index in [1.165, 1.54) is 13.1 Å². The molecule has 0 rings (SSSR count). The van der Waals surface area contributed by atoms with Crippen LogP contribution in [0.3, 0.4) is 0 Å². The van der Waals surface area contributed by atoms with Gasteiger partial charge in [-0.3, -0.25) is 0 Å². The second-order valence-electron chi connectivity index (χ2n) is 0.471. The Hall–Kier alpha value is -0.750. The quantitative estimate of drug-likeness (QED) is 0.321. The molecule has 0 aromatic rings. The van der Waals surface area contributed by atoms with E-state index in [0.717, 1.165) is 6.26 Å². The average molecular weight is 72.1 g/mol. The minimum atomic E-state index is 0.944. The van der Waals surface area contributed by atoms with Crippen molar-refractivity contribution in [2.24, 2.45) is 0 Å². The molecule has 0 aliphatic heterocycles. The number of methoxy groups -OCH3 is 1. The molecule has 0 aliphatic carbocycles. The molecular formula is C3H4O2. The van der Waals surface area contributed by atoms with Crippen LogP contribution in [-0.4, -0.2) is 13.1 Å². The highest BCUT2D eigenvalue weighted by molar-refractivity contribution is 5.42. The summed E-state index contributed by atoms with van der Waals surface area (Å²) in [5.74, 6) is 1.42. The summed E-state index contributed by atoms with van der Waals surface area (Å²) < 4.78 is 4.14. The van der Waals surface area contributed by atoms with Crippen LogP contribution in [0.4, 0.5) is 0 Å². The summed E-state index contributed by atoms with van der Waals surface area (Å²) in [7, 11) is 1.39. The molecule has 0 spiro atoms. The molecule has 0 bridgehead atoms. The first-order valence-corrected chi connectivity index (χ1v) is 1.14. The highest BCUT2D eigenvalue weighted by atomic mass is 16.5. The van der Waals surface area contributed by atoms with Crippen molar-refractivity contribution in [1.29, 1.82) is 0 Å². The summed E-state index contributed by atoms with van der Waals surface area (Å²) in [4.78, 5) is 9.10. The van der Waals surface area contributed by atoms with Crippen molar-refractivity contribution < 1.29 is 9.53 Å². The molecule has 0 aromatic carbocycles. The van der Waals surface area contributed by atoms with Gasteiger partial charge >= 0.3 is 0 Å². The molecule has 0 heterocycles. The first-order valence-electron chi connectivity index (χ1n) is 1.14. The Labute approximate surface area is 30.1 Å². The van der Waals surface area contributed by atoms with Crippen LogP contribution in [-0.2, 0) is 9.53 Å². The van der Waals surface area contributed by atoms with E-state index >= 15 is 0 Å². The van der Waals surface area contributed by atoms with E-state index in [2.05, 4.69) is 4.74 Å². The predicted octanol–water partition coefficient (Wildman–Crippen LogP) is -0.0219. The van der Waals surface area contributed by atoms with Gasteiger partial charge in [-0.15, -0.1) is 0 Å². The van der Waals surface area contributed by atoms with Gasteiger partial charge in [0, 0.05) is 0 Å². The van der Waals surface area contributed by atoms with Crippen LogP contribution in [0.2, 0.25) is 0 Å². The molecule has 0 saturated carbocycles. The van der Waals surface area contributed by atoms with Crippen LogP contribution in [0.25, 0.3) is 0 Å². The maximum Gasteiger partial charge on any atom is 0.166 e. The van der Waals surface area contributed by atoms with Crippen molar-refractivity contribution in [2.45, 2.75) is 0 Å². The van der Waals surface area contributed by atoms with E-state index in [4.69, 9.17) is 4.79 Å². The standard InChI is InChI=1S/C3H4O2/c1-5-3-2-4/h3H,1H3. The molecule has 0 radical (unpaired) electrons. The average Bonchev–Trinajstić information content (AvgIpc) is 1.41. The molecule has 5 heavy (non-hydrogen) atoms. The second kappa shape index (κ2) is 3.25. The van der Waals surface area contributed by atoms with Crippen LogP contribution >= 0.6 is 0 Å². The summed E-state index contributed by atoms with van der Waals surface area (Å²) in [6.45, 7) is 0. The van der Waals surface area contributed by atoms with Gasteiger partial charge in [-0.1, -0.05) is 0 Å². The summed E-state index contributed by atoms with van der Waals surface area (Å²) in [5.41, 5.74) is 0. The second-order valence-corrected chi connectivity index (χ2v) is 0.471. The smallest absolute Gasteiger partial charge is 0.166 e. The van der Waals surface area contributed by atoms with Crippen LogP contribution < -0.4 is 0 Å². The molecule has 0 aromatic heterocycles. The fraction of sp³-hybridized carbons (Fsp3) is 0.333. The molecule has 0 aliphatic rings. The number of hydrogen-bond donors (Lipinski definition) is 0.